The Morgan fingerprint density at radius 3 is 2.64 bits per heavy atom. The molecule has 25 heavy (non-hydrogen) atoms. The second kappa shape index (κ2) is 8.21. The van der Waals surface area contributed by atoms with Gasteiger partial charge >= 0.3 is 6.18 Å². The van der Waals surface area contributed by atoms with Crippen molar-refractivity contribution in [2.24, 2.45) is 11.8 Å². The maximum atomic E-state index is 12.8. The summed E-state index contributed by atoms with van der Waals surface area (Å²) in [5.74, 6) is -3.03. The van der Waals surface area contributed by atoms with E-state index in [2.05, 4.69) is 26.6 Å². The quantitative estimate of drug-likeness (QED) is 0.767. The van der Waals surface area contributed by atoms with Crippen molar-refractivity contribution in [1.29, 1.82) is 0 Å². The highest BCUT2D eigenvalue weighted by atomic mass is 79.9. The molecule has 2 amide bonds. The van der Waals surface area contributed by atoms with E-state index in [1.807, 2.05) is 6.92 Å². The fourth-order valence-corrected chi connectivity index (χ4v) is 3.21. The highest BCUT2D eigenvalue weighted by Crippen LogP contribution is 2.39. The first-order valence-corrected chi connectivity index (χ1v) is 8.86. The van der Waals surface area contributed by atoms with Crippen LogP contribution in [0.4, 0.5) is 18.9 Å². The first-order valence-electron chi connectivity index (χ1n) is 8.07. The van der Waals surface area contributed by atoms with Gasteiger partial charge in [-0.15, -0.1) is 0 Å². The number of amides is 2. The van der Waals surface area contributed by atoms with Crippen molar-refractivity contribution >= 4 is 33.4 Å². The highest BCUT2D eigenvalue weighted by molar-refractivity contribution is 9.10. The summed E-state index contributed by atoms with van der Waals surface area (Å²) < 4.78 is 39.3. The van der Waals surface area contributed by atoms with Crippen LogP contribution in [0.3, 0.4) is 0 Å². The molecule has 0 radical (unpaired) electrons. The van der Waals surface area contributed by atoms with Gasteiger partial charge < -0.3 is 10.6 Å². The van der Waals surface area contributed by atoms with Crippen molar-refractivity contribution in [1.82, 2.24) is 5.32 Å². The zero-order chi connectivity index (χ0) is 18.6. The molecule has 0 spiro atoms. The number of carbonyl (C=O) groups is 2. The Balaban J connectivity index is 1.82. The maximum absolute atomic E-state index is 12.8. The molecule has 0 aliphatic heterocycles. The summed E-state index contributed by atoms with van der Waals surface area (Å²) >= 11 is 3.36. The van der Waals surface area contributed by atoms with Crippen LogP contribution >= 0.6 is 15.9 Å². The molecule has 1 saturated carbocycles. The van der Waals surface area contributed by atoms with E-state index in [9.17, 15) is 22.8 Å². The summed E-state index contributed by atoms with van der Waals surface area (Å²) in [7, 11) is 0. The average molecular weight is 421 g/mol. The number of halogens is 4. The summed E-state index contributed by atoms with van der Waals surface area (Å²) in [6, 6.07) is 5.29. The molecule has 2 rings (SSSR count). The van der Waals surface area contributed by atoms with E-state index >= 15 is 0 Å². The van der Waals surface area contributed by atoms with Gasteiger partial charge in [0.2, 0.25) is 11.8 Å². The van der Waals surface area contributed by atoms with Crippen LogP contribution in [0.1, 0.15) is 31.2 Å². The highest BCUT2D eigenvalue weighted by Gasteiger charge is 2.43. The van der Waals surface area contributed by atoms with Gasteiger partial charge in [0.05, 0.1) is 12.5 Å². The molecular weight excluding hydrogens is 401 g/mol. The normalized spacial score (nSPS) is 20.8. The van der Waals surface area contributed by atoms with Crippen LogP contribution in [-0.4, -0.2) is 24.5 Å². The first-order chi connectivity index (χ1) is 11.7. The topological polar surface area (TPSA) is 58.2 Å². The van der Waals surface area contributed by atoms with Crippen molar-refractivity contribution in [2.45, 2.75) is 38.8 Å². The van der Waals surface area contributed by atoms with Crippen LogP contribution in [0.25, 0.3) is 0 Å². The van der Waals surface area contributed by atoms with Gasteiger partial charge in [-0.2, -0.15) is 13.2 Å². The molecule has 1 fully saturated rings. The fraction of sp³-hybridized carbons (Fsp3) is 0.529. The van der Waals surface area contributed by atoms with Gasteiger partial charge in [0, 0.05) is 16.1 Å². The first kappa shape index (κ1) is 19.8. The zero-order valence-electron chi connectivity index (χ0n) is 13.8. The lowest BCUT2D eigenvalue weighted by atomic mass is 9.80. The van der Waals surface area contributed by atoms with Gasteiger partial charge in [-0.25, -0.2) is 0 Å². The smallest absolute Gasteiger partial charge is 0.347 e. The molecule has 2 atom stereocenters. The number of carbonyl (C=O) groups excluding carboxylic acids is 2. The number of aryl methyl sites for hydroxylation is 1. The van der Waals surface area contributed by atoms with Crippen LogP contribution < -0.4 is 10.6 Å². The van der Waals surface area contributed by atoms with Gasteiger partial charge in [0.15, 0.2) is 0 Å². The molecule has 2 N–H and O–H groups in total. The SMILES string of the molecule is Cc1cc(NC(=O)CNC(=O)C2CCCC(C(F)(F)F)C2)ccc1Br. The minimum Gasteiger partial charge on any atom is -0.347 e. The van der Waals surface area contributed by atoms with Crippen LogP contribution in [-0.2, 0) is 9.59 Å². The third kappa shape index (κ3) is 5.73. The predicted molar refractivity (Wildman–Crippen MR) is 92.0 cm³/mol. The van der Waals surface area contributed by atoms with Crippen LogP contribution in [0.15, 0.2) is 22.7 Å². The fourth-order valence-electron chi connectivity index (χ4n) is 2.96. The van der Waals surface area contributed by atoms with E-state index in [0.717, 1.165) is 10.0 Å². The Bertz CT molecular complexity index is 649. The molecule has 138 valence electrons. The molecule has 1 aliphatic rings. The number of hydrogen-bond acceptors (Lipinski definition) is 2. The monoisotopic (exact) mass is 420 g/mol. The molecule has 2 unspecified atom stereocenters. The molecular formula is C17H20BrF3N2O2. The molecule has 0 bridgehead atoms. The van der Waals surface area contributed by atoms with Crippen molar-refractivity contribution in [3.8, 4) is 0 Å². The summed E-state index contributed by atoms with van der Waals surface area (Å²) in [5.41, 5.74) is 1.54. The van der Waals surface area contributed by atoms with Gasteiger partial charge in [-0.05, 0) is 49.9 Å². The van der Waals surface area contributed by atoms with Crippen LogP contribution in [0.5, 0.6) is 0 Å². The number of nitrogens with one attached hydrogen (secondary N) is 2. The number of anilines is 1. The number of benzene rings is 1. The molecule has 1 aliphatic carbocycles. The van der Waals surface area contributed by atoms with Crippen molar-refractivity contribution in [3.63, 3.8) is 0 Å². The standard InChI is InChI=1S/C17H20BrF3N2O2/c1-10-7-13(5-6-14(10)18)23-15(24)9-22-16(25)11-3-2-4-12(8-11)17(19,20)21/h5-7,11-12H,2-4,8-9H2,1H3,(H,22,25)(H,23,24). The predicted octanol–water partition coefficient (Wildman–Crippen LogP) is 4.18. The Morgan fingerprint density at radius 2 is 2.00 bits per heavy atom. The lowest BCUT2D eigenvalue weighted by molar-refractivity contribution is -0.186. The summed E-state index contributed by atoms with van der Waals surface area (Å²) in [6.45, 7) is 1.61. The molecule has 0 aromatic heterocycles. The van der Waals surface area contributed by atoms with E-state index in [1.54, 1.807) is 18.2 Å². The Labute approximate surface area is 152 Å². The largest absolute Gasteiger partial charge is 0.391 e. The third-order valence-electron chi connectivity index (χ3n) is 4.37. The van der Waals surface area contributed by atoms with Crippen molar-refractivity contribution < 1.29 is 22.8 Å². The Hall–Kier alpha value is -1.57. The third-order valence-corrected chi connectivity index (χ3v) is 5.26. The van der Waals surface area contributed by atoms with Gasteiger partial charge in [0.25, 0.3) is 0 Å². The molecule has 0 saturated heterocycles. The molecule has 1 aromatic carbocycles. The summed E-state index contributed by atoms with van der Waals surface area (Å²) in [4.78, 5) is 24.0. The summed E-state index contributed by atoms with van der Waals surface area (Å²) in [6.07, 6.45) is -3.62. The molecule has 0 heterocycles. The van der Waals surface area contributed by atoms with E-state index in [1.165, 1.54) is 0 Å². The number of hydrogen-bond donors (Lipinski definition) is 2. The van der Waals surface area contributed by atoms with Crippen molar-refractivity contribution in [3.05, 3.63) is 28.2 Å². The van der Waals surface area contributed by atoms with Gasteiger partial charge in [-0.3, -0.25) is 9.59 Å². The Kier molecular flexibility index (Phi) is 6.48. The van der Waals surface area contributed by atoms with E-state index in [4.69, 9.17) is 0 Å². The molecule has 1 aromatic rings. The van der Waals surface area contributed by atoms with Crippen molar-refractivity contribution in [2.75, 3.05) is 11.9 Å². The lowest BCUT2D eigenvalue weighted by Crippen LogP contribution is -2.40. The second-order valence-corrected chi connectivity index (χ2v) is 7.19. The second-order valence-electron chi connectivity index (χ2n) is 6.33. The maximum Gasteiger partial charge on any atom is 0.391 e. The number of rotatable bonds is 4. The average Bonchev–Trinajstić information content (AvgIpc) is 2.55. The van der Waals surface area contributed by atoms with Crippen LogP contribution in [0.2, 0.25) is 0 Å². The van der Waals surface area contributed by atoms with Gasteiger partial charge in [0.1, 0.15) is 0 Å². The summed E-state index contributed by atoms with van der Waals surface area (Å²) in [5, 5.41) is 5.09. The van der Waals surface area contributed by atoms with E-state index in [-0.39, 0.29) is 19.4 Å². The zero-order valence-corrected chi connectivity index (χ0v) is 15.3. The molecule has 8 heteroatoms. The van der Waals surface area contributed by atoms with E-state index < -0.39 is 29.8 Å². The Morgan fingerprint density at radius 1 is 1.28 bits per heavy atom. The lowest BCUT2D eigenvalue weighted by Gasteiger charge is -2.29. The minimum absolute atomic E-state index is 0.0662. The number of alkyl halides is 3. The van der Waals surface area contributed by atoms with Crippen LogP contribution in [0, 0.1) is 18.8 Å². The minimum atomic E-state index is -4.27. The molecule has 4 nitrogen and oxygen atoms in total. The van der Waals surface area contributed by atoms with E-state index in [0.29, 0.717) is 18.5 Å². The van der Waals surface area contributed by atoms with Gasteiger partial charge in [-0.1, -0.05) is 22.4 Å².